The van der Waals surface area contributed by atoms with Crippen molar-refractivity contribution in [1.29, 1.82) is 0 Å². The van der Waals surface area contributed by atoms with Gasteiger partial charge in [0.2, 0.25) is 0 Å². The fourth-order valence-electron chi connectivity index (χ4n) is 2.42. The van der Waals surface area contributed by atoms with Gasteiger partial charge in [-0.15, -0.1) is 0 Å². The Morgan fingerprint density at radius 3 is 2.87 bits per heavy atom. The molecule has 2 heteroatoms. The summed E-state index contributed by atoms with van der Waals surface area (Å²) in [5, 5.41) is 0. The third-order valence-corrected chi connectivity index (χ3v) is 3.11. The number of Topliss-reactive ketones (excluding diaryl/α,β-unsaturated/α-hetero) is 1. The van der Waals surface area contributed by atoms with Crippen molar-refractivity contribution in [3.05, 3.63) is 35.4 Å². The third kappa shape index (κ3) is 1.84. The molecular formula is C13H14O2. The summed E-state index contributed by atoms with van der Waals surface area (Å²) < 4.78 is 0. The molecule has 0 fully saturated rings. The van der Waals surface area contributed by atoms with E-state index in [1.165, 1.54) is 11.1 Å². The second-order valence-corrected chi connectivity index (χ2v) is 4.22. The Morgan fingerprint density at radius 1 is 1.47 bits per heavy atom. The lowest BCUT2D eigenvalue weighted by atomic mass is 9.89. The standard InChI is InChI=1S/C13H14O2/c1-9(15)6-13-11(8-14)7-10-4-2-3-5-12(10)13/h2-5,8,11,13H,6-7H2,1H3/t11-,13-/m0/s1. The van der Waals surface area contributed by atoms with Crippen LogP contribution in [0.4, 0.5) is 0 Å². The molecule has 0 aromatic heterocycles. The minimum absolute atomic E-state index is 0.00806. The first-order valence-corrected chi connectivity index (χ1v) is 5.25. The molecule has 2 atom stereocenters. The van der Waals surface area contributed by atoms with Crippen LogP contribution in [-0.2, 0) is 16.0 Å². The Morgan fingerprint density at radius 2 is 2.20 bits per heavy atom. The number of carbonyl (C=O) groups excluding carboxylic acids is 2. The average Bonchev–Trinajstić information content (AvgIpc) is 2.56. The highest BCUT2D eigenvalue weighted by Gasteiger charge is 2.32. The maximum Gasteiger partial charge on any atom is 0.130 e. The maximum absolute atomic E-state index is 11.2. The lowest BCUT2D eigenvalue weighted by Crippen LogP contribution is -2.12. The largest absolute Gasteiger partial charge is 0.303 e. The van der Waals surface area contributed by atoms with E-state index >= 15 is 0 Å². The highest BCUT2D eigenvalue weighted by atomic mass is 16.1. The van der Waals surface area contributed by atoms with Gasteiger partial charge in [-0.1, -0.05) is 24.3 Å². The molecule has 0 saturated heterocycles. The molecule has 0 unspecified atom stereocenters. The van der Waals surface area contributed by atoms with Crippen LogP contribution in [-0.4, -0.2) is 12.1 Å². The number of benzene rings is 1. The molecule has 78 valence electrons. The van der Waals surface area contributed by atoms with Crippen molar-refractivity contribution in [2.75, 3.05) is 0 Å². The van der Waals surface area contributed by atoms with Crippen molar-refractivity contribution in [2.45, 2.75) is 25.7 Å². The van der Waals surface area contributed by atoms with Gasteiger partial charge < -0.3 is 9.59 Å². The zero-order chi connectivity index (χ0) is 10.8. The van der Waals surface area contributed by atoms with Crippen molar-refractivity contribution in [3.8, 4) is 0 Å². The quantitative estimate of drug-likeness (QED) is 0.703. The van der Waals surface area contributed by atoms with E-state index in [2.05, 4.69) is 0 Å². The first-order chi connectivity index (χ1) is 7.22. The highest BCUT2D eigenvalue weighted by Crippen LogP contribution is 2.38. The number of hydrogen-bond donors (Lipinski definition) is 0. The second kappa shape index (κ2) is 3.97. The van der Waals surface area contributed by atoms with E-state index in [-0.39, 0.29) is 17.6 Å². The van der Waals surface area contributed by atoms with Crippen molar-refractivity contribution in [1.82, 2.24) is 0 Å². The molecule has 0 heterocycles. The van der Waals surface area contributed by atoms with Gasteiger partial charge in [0.1, 0.15) is 12.1 Å². The first-order valence-electron chi connectivity index (χ1n) is 5.25. The van der Waals surface area contributed by atoms with Crippen molar-refractivity contribution in [3.63, 3.8) is 0 Å². The molecule has 2 nitrogen and oxygen atoms in total. The molecule has 1 aliphatic carbocycles. The van der Waals surface area contributed by atoms with Gasteiger partial charge in [0.25, 0.3) is 0 Å². The Labute approximate surface area is 89.3 Å². The first kappa shape index (κ1) is 10.1. The number of aldehydes is 1. The van der Waals surface area contributed by atoms with Crippen LogP contribution in [0, 0.1) is 5.92 Å². The normalized spacial score (nSPS) is 23.5. The van der Waals surface area contributed by atoms with Crippen LogP contribution in [0.5, 0.6) is 0 Å². The van der Waals surface area contributed by atoms with Crippen LogP contribution in [0.2, 0.25) is 0 Å². The molecule has 15 heavy (non-hydrogen) atoms. The summed E-state index contributed by atoms with van der Waals surface area (Å²) >= 11 is 0. The van der Waals surface area contributed by atoms with Crippen LogP contribution >= 0.6 is 0 Å². The topological polar surface area (TPSA) is 34.1 Å². The Bertz CT molecular complexity index is 395. The predicted octanol–water partition coefficient (Wildman–Crippen LogP) is 2.12. The van der Waals surface area contributed by atoms with Gasteiger partial charge >= 0.3 is 0 Å². The number of rotatable bonds is 3. The minimum atomic E-state index is -0.00806. The van der Waals surface area contributed by atoms with Crippen LogP contribution in [0.25, 0.3) is 0 Å². The van der Waals surface area contributed by atoms with Crippen LogP contribution < -0.4 is 0 Å². The molecule has 0 amide bonds. The highest BCUT2D eigenvalue weighted by molar-refractivity contribution is 5.78. The van der Waals surface area contributed by atoms with Gasteiger partial charge in [-0.25, -0.2) is 0 Å². The van der Waals surface area contributed by atoms with E-state index in [1.807, 2.05) is 24.3 Å². The van der Waals surface area contributed by atoms with Crippen LogP contribution in [0.3, 0.4) is 0 Å². The maximum atomic E-state index is 11.2. The Balaban J connectivity index is 2.33. The lowest BCUT2D eigenvalue weighted by molar-refractivity contribution is -0.118. The van der Waals surface area contributed by atoms with Crippen LogP contribution in [0.15, 0.2) is 24.3 Å². The summed E-state index contributed by atoms with van der Waals surface area (Å²) in [6.07, 6.45) is 2.27. The second-order valence-electron chi connectivity index (χ2n) is 4.22. The summed E-state index contributed by atoms with van der Waals surface area (Å²) in [4.78, 5) is 22.1. The fourth-order valence-corrected chi connectivity index (χ4v) is 2.42. The SMILES string of the molecule is CC(=O)C[C@@H]1c2ccccc2C[C@H]1C=O. The zero-order valence-electron chi connectivity index (χ0n) is 8.77. The molecule has 0 radical (unpaired) electrons. The molecule has 0 spiro atoms. The molecule has 1 aliphatic rings. The van der Waals surface area contributed by atoms with Crippen LogP contribution in [0.1, 0.15) is 30.4 Å². The lowest BCUT2D eigenvalue weighted by Gasteiger charge is -2.13. The summed E-state index contributed by atoms with van der Waals surface area (Å²) in [5.41, 5.74) is 2.41. The molecule has 1 aromatic rings. The van der Waals surface area contributed by atoms with Crippen molar-refractivity contribution in [2.24, 2.45) is 5.92 Å². The summed E-state index contributed by atoms with van der Waals surface area (Å²) in [7, 11) is 0. The van der Waals surface area contributed by atoms with Gasteiger partial charge in [0.05, 0.1) is 0 Å². The van der Waals surface area contributed by atoms with E-state index in [0.717, 1.165) is 12.7 Å². The van der Waals surface area contributed by atoms with Crippen molar-refractivity contribution >= 4 is 12.1 Å². The number of carbonyl (C=O) groups is 2. The van der Waals surface area contributed by atoms with Gasteiger partial charge in [0, 0.05) is 18.3 Å². The molecule has 0 N–H and O–H groups in total. The monoisotopic (exact) mass is 202 g/mol. The van der Waals surface area contributed by atoms with Gasteiger partial charge in [-0.3, -0.25) is 0 Å². The Hall–Kier alpha value is -1.44. The molecule has 0 bridgehead atoms. The van der Waals surface area contributed by atoms with E-state index in [1.54, 1.807) is 6.92 Å². The Kier molecular flexibility index (Phi) is 2.67. The van der Waals surface area contributed by atoms with Gasteiger partial charge in [-0.05, 0) is 24.5 Å². The fraction of sp³-hybridized carbons (Fsp3) is 0.385. The van der Waals surface area contributed by atoms with E-state index in [9.17, 15) is 9.59 Å². The number of ketones is 1. The molecule has 2 rings (SSSR count). The smallest absolute Gasteiger partial charge is 0.130 e. The zero-order valence-corrected chi connectivity index (χ0v) is 8.77. The number of hydrogen-bond acceptors (Lipinski definition) is 2. The summed E-state index contributed by atoms with van der Waals surface area (Å²) in [6.45, 7) is 1.59. The molecule has 0 saturated carbocycles. The van der Waals surface area contributed by atoms with Crippen molar-refractivity contribution < 1.29 is 9.59 Å². The van der Waals surface area contributed by atoms with E-state index in [0.29, 0.717) is 6.42 Å². The van der Waals surface area contributed by atoms with E-state index < -0.39 is 0 Å². The van der Waals surface area contributed by atoms with E-state index in [4.69, 9.17) is 0 Å². The molecule has 0 aliphatic heterocycles. The molecular weight excluding hydrogens is 188 g/mol. The van der Waals surface area contributed by atoms with Gasteiger partial charge in [0.15, 0.2) is 0 Å². The summed E-state index contributed by atoms with van der Waals surface area (Å²) in [6, 6.07) is 8.04. The number of fused-ring (bicyclic) bond motifs is 1. The average molecular weight is 202 g/mol. The van der Waals surface area contributed by atoms with Gasteiger partial charge in [-0.2, -0.15) is 0 Å². The minimum Gasteiger partial charge on any atom is -0.303 e. The summed E-state index contributed by atoms with van der Waals surface area (Å²) in [5.74, 6) is 0.256. The third-order valence-electron chi connectivity index (χ3n) is 3.11. The molecule has 1 aromatic carbocycles. The predicted molar refractivity (Wildman–Crippen MR) is 57.7 cm³/mol.